The van der Waals surface area contributed by atoms with Crippen LogP contribution in [0.2, 0.25) is 0 Å². The number of pyridine rings is 1. The predicted octanol–water partition coefficient (Wildman–Crippen LogP) is 3.16. The highest BCUT2D eigenvalue weighted by atomic mass is 16.6. The minimum atomic E-state index is -0.917. The molecule has 1 aromatic heterocycles. The molecule has 1 aliphatic rings. The zero-order valence-electron chi connectivity index (χ0n) is 20.3. The molecule has 4 aromatic rings. The molecule has 1 atom stereocenters. The molecule has 0 saturated heterocycles. The number of aromatic hydroxyl groups is 1. The number of nitrogens with one attached hydrogen (secondary N) is 1. The van der Waals surface area contributed by atoms with Crippen molar-refractivity contribution in [1.82, 2.24) is 9.99 Å². The molecule has 10 nitrogen and oxygen atoms in total. The summed E-state index contributed by atoms with van der Waals surface area (Å²) in [6, 6.07) is 19.8. The van der Waals surface area contributed by atoms with Gasteiger partial charge >= 0.3 is 5.97 Å². The van der Waals surface area contributed by atoms with Crippen LogP contribution in [0.5, 0.6) is 17.4 Å². The number of benzene rings is 3. The van der Waals surface area contributed by atoms with Crippen LogP contribution in [-0.2, 0) is 9.53 Å². The second-order valence-corrected chi connectivity index (χ2v) is 8.29. The lowest BCUT2D eigenvalue weighted by atomic mass is 10.1. The molecule has 192 valence electrons. The van der Waals surface area contributed by atoms with Crippen molar-refractivity contribution in [3.63, 3.8) is 0 Å². The SMILES string of the molecule is CCOC(=O)c1ccc(-n2c(O)c(/C=N/NC(=O)[C@@H]3COc4ccccc4O3)c3ccccc3c2=O)cc1. The Kier molecular flexibility index (Phi) is 6.77. The van der Waals surface area contributed by atoms with Crippen molar-refractivity contribution in [2.45, 2.75) is 13.0 Å². The number of ether oxygens (including phenoxy) is 3. The van der Waals surface area contributed by atoms with Gasteiger partial charge < -0.3 is 19.3 Å². The van der Waals surface area contributed by atoms with E-state index in [0.717, 1.165) is 4.57 Å². The van der Waals surface area contributed by atoms with Crippen LogP contribution in [0.25, 0.3) is 16.5 Å². The molecule has 2 heterocycles. The van der Waals surface area contributed by atoms with Crippen molar-refractivity contribution < 1.29 is 28.9 Å². The van der Waals surface area contributed by atoms with E-state index in [2.05, 4.69) is 10.5 Å². The molecule has 0 aliphatic carbocycles. The molecule has 38 heavy (non-hydrogen) atoms. The van der Waals surface area contributed by atoms with Gasteiger partial charge in [0.2, 0.25) is 12.0 Å². The van der Waals surface area contributed by atoms with Crippen LogP contribution in [0.4, 0.5) is 0 Å². The molecule has 0 spiro atoms. The zero-order valence-corrected chi connectivity index (χ0v) is 20.3. The Morgan fingerprint density at radius 2 is 1.74 bits per heavy atom. The van der Waals surface area contributed by atoms with Crippen LogP contribution in [-0.4, -0.2) is 47.1 Å². The number of hydrogen-bond donors (Lipinski definition) is 2. The third kappa shape index (κ3) is 4.66. The molecule has 3 aromatic carbocycles. The highest BCUT2D eigenvalue weighted by molar-refractivity contribution is 6.02. The normalized spacial score (nSPS) is 14.4. The average Bonchev–Trinajstić information content (AvgIpc) is 2.95. The van der Waals surface area contributed by atoms with Crippen LogP contribution in [0.15, 0.2) is 82.7 Å². The van der Waals surface area contributed by atoms with Gasteiger partial charge in [-0.2, -0.15) is 5.10 Å². The van der Waals surface area contributed by atoms with Crippen molar-refractivity contribution in [1.29, 1.82) is 0 Å². The molecule has 1 amide bonds. The van der Waals surface area contributed by atoms with Crippen molar-refractivity contribution >= 4 is 28.9 Å². The van der Waals surface area contributed by atoms with Crippen molar-refractivity contribution in [3.8, 4) is 23.1 Å². The minimum Gasteiger partial charge on any atom is -0.494 e. The van der Waals surface area contributed by atoms with E-state index in [-0.39, 0.29) is 24.7 Å². The maximum atomic E-state index is 13.3. The monoisotopic (exact) mass is 513 g/mol. The van der Waals surface area contributed by atoms with Crippen molar-refractivity contribution in [3.05, 3.63) is 94.3 Å². The number of para-hydroxylation sites is 2. The summed E-state index contributed by atoms with van der Waals surface area (Å²) in [6.45, 7) is 1.95. The number of esters is 1. The summed E-state index contributed by atoms with van der Waals surface area (Å²) >= 11 is 0. The summed E-state index contributed by atoms with van der Waals surface area (Å²) in [7, 11) is 0. The lowest BCUT2D eigenvalue weighted by Gasteiger charge is -2.24. The van der Waals surface area contributed by atoms with Gasteiger partial charge in [-0.05, 0) is 49.4 Å². The van der Waals surface area contributed by atoms with E-state index in [1.165, 1.54) is 30.5 Å². The number of rotatable bonds is 6. The van der Waals surface area contributed by atoms with Gasteiger partial charge in [-0.15, -0.1) is 0 Å². The van der Waals surface area contributed by atoms with Crippen LogP contribution in [0.3, 0.4) is 0 Å². The minimum absolute atomic E-state index is 0.0131. The fourth-order valence-electron chi connectivity index (χ4n) is 4.07. The topological polar surface area (TPSA) is 128 Å². The number of carbonyl (C=O) groups excluding carboxylic acids is 2. The maximum Gasteiger partial charge on any atom is 0.338 e. The van der Waals surface area contributed by atoms with E-state index in [9.17, 15) is 19.5 Å². The Labute approximate surface area is 216 Å². The first-order valence-corrected chi connectivity index (χ1v) is 11.8. The van der Waals surface area contributed by atoms with Crippen LogP contribution >= 0.6 is 0 Å². The number of fused-ring (bicyclic) bond motifs is 2. The Morgan fingerprint density at radius 1 is 1.05 bits per heavy atom. The number of nitrogens with zero attached hydrogens (tertiary/aromatic N) is 2. The first-order valence-electron chi connectivity index (χ1n) is 11.8. The Balaban J connectivity index is 1.44. The lowest BCUT2D eigenvalue weighted by molar-refractivity contribution is -0.130. The highest BCUT2D eigenvalue weighted by Gasteiger charge is 2.27. The molecule has 0 fully saturated rings. The molecule has 0 unspecified atom stereocenters. The van der Waals surface area contributed by atoms with Crippen molar-refractivity contribution in [2.24, 2.45) is 5.10 Å². The number of carbonyl (C=O) groups is 2. The smallest absolute Gasteiger partial charge is 0.338 e. The summed E-state index contributed by atoms with van der Waals surface area (Å²) in [5.41, 5.74) is 2.79. The standard InChI is InChI=1S/C28H23N3O7/c1-2-36-28(35)17-11-13-18(14-12-17)31-26(33)20-8-4-3-7-19(20)21(27(31)34)15-29-30-25(32)24-16-37-22-9-5-6-10-23(22)38-24/h3-15,24,34H,2,16H2,1H3,(H,30,32)/b29-15+/t24-/m0/s1. The summed E-state index contributed by atoms with van der Waals surface area (Å²) in [6.07, 6.45) is 0.343. The third-order valence-corrected chi connectivity index (χ3v) is 5.91. The molecule has 0 saturated carbocycles. The highest BCUT2D eigenvalue weighted by Crippen LogP contribution is 2.31. The second kappa shape index (κ2) is 10.5. The molecule has 0 bridgehead atoms. The molecule has 10 heteroatoms. The summed E-state index contributed by atoms with van der Waals surface area (Å²) in [4.78, 5) is 37.9. The Morgan fingerprint density at radius 3 is 2.47 bits per heavy atom. The fraction of sp³-hybridized carbons (Fsp3) is 0.143. The van der Waals surface area contributed by atoms with Gasteiger partial charge in [0.05, 0.1) is 29.6 Å². The largest absolute Gasteiger partial charge is 0.494 e. The maximum absolute atomic E-state index is 13.3. The van der Waals surface area contributed by atoms with E-state index >= 15 is 0 Å². The first kappa shape index (κ1) is 24.6. The van der Waals surface area contributed by atoms with Crippen molar-refractivity contribution in [2.75, 3.05) is 13.2 Å². The van der Waals surface area contributed by atoms with Gasteiger partial charge in [0, 0.05) is 10.8 Å². The fourth-order valence-corrected chi connectivity index (χ4v) is 4.07. The van der Waals surface area contributed by atoms with Crippen LogP contribution in [0.1, 0.15) is 22.8 Å². The van der Waals surface area contributed by atoms with Gasteiger partial charge in [0.25, 0.3) is 11.5 Å². The summed E-state index contributed by atoms with van der Waals surface area (Å²) in [5, 5.41) is 15.9. The lowest BCUT2D eigenvalue weighted by Crippen LogP contribution is -2.42. The number of hydrogen-bond acceptors (Lipinski definition) is 8. The van der Waals surface area contributed by atoms with Gasteiger partial charge in [-0.1, -0.05) is 30.3 Å². The molecule has 5 rings (SSSR count). The number of hydrazone groups is 1. The molecule has 2 N–H and O–H groups in total. The van der Waals surface area contributed by atoms with Crippen LogP contribution in [0, 0.1) is 0 Å². The molecular weight excluding hydrogens is 490 g/mol. The van der Waals surface area contributed by atoms with Gasteiger partial charge in [0.15, 0.2) is 11.5 Å². The molecule has 1 aliphatic heterocycles. The van der Waals surface area contributed by atoms with E-state index in [4.69, 9.17) is 14.2 Å². The van der Waals surface area contributed by atoms with Gasteiger partial charge in [-0.3, -0.25) is 9.59 Å². The molecular formula is C28H23N3O7. The Hall–Kier alpha value is -5.12. The van der Waals surface area contributed by atoms with Crippen LogP contribution < -0.4 is 20.5 Å². The summed E-state index contributed by atoms with van der Waals surface area (Å²) < 4.78 is 17.4. The van der Waals surface area contributed by atoms with E-state index in [0.29, 0.717) is 33.5 Å². The second-order valence-electron chi connectivity index (χ2n) is 8.29. The predicted molar refractivity (Wildman–Crippen MR) is 139 cm³/mol. The Bertz CT molecular complexity index is 1610. The zero-order chi connectivity index (χ0) is 26.6. The van der Waals surface area contributed by atoms with E-state index in [1.54, 1.807) is 55.5 Å². The average molecular weight is 514 g/mol. The third-order valence-electron chi connectivity index (χ3n) is 5.91. The number of aromatic nitrogens is 1. The molecule has 0 radical (unpaired) electrons. The van der Waals surface area contributed by atoms with E-state index < -0.39 is 23.5 Å². The summed E-state index contributed by atoms with van der Waals surface area (Å²) in [5.74, 6) is -0.417. The number of amides is 1. The van der Waals surface area contributed by atoms with E-state index in [1.807, 2.05) is 0 Å². The van der Waals surface area contributed by atoms with Gasteiger partial charge in [0.1, 0.15) is 6.61 Å². The quantitative estimate of drug-likeness (QED) is 0.230. The van der Waals surface area contributed by atoms with Gasteiger partial charge in [-0.25, -0.2) is 14.8 Å². The first-order chi connectivity index (χ1) is 18.5.